The summed E-state index contributed by atoms with van der Waals surface area (Å²) >= 11 is 13.6. The number of fused-ring (bicyclic) bond motifs is 3. The molecule has 3 aromatic heterocycles. The van der Waals surface area contributed by atoms with Crippen molar-refractivity contribution in [3.8, 4) is 22.6 Å². The second-order valence-corrected chi connectivity index (χ2v) is 11.8. The molecule has 6 rings (SSSR count). The summed E-state index contributed by atoms with van der Waals surface area (Å²) in [7, 11) is 4.79. The second-order valence-electron chi connectivity index (χ2n) is 11.1. The third kappa shape index (κ3) is 6.57. The molecule has 0 amide bonds. The number of imidazole rings is 1. The Labute approximate surface area is 282 Å². The smallest absolute Gasteiger partial charge is 0.229 e. The Balaban J connectivity index is 1.34. The van der Waals surface area contributed by atoms with Crippen molar-refractivity contribution < 1.29 is 19.0 Å². The van der Waals surface area contributed by atoms with E-state index in [1.54, 1.807) is 25.6 Å². The van der Waals surface area contributed by atoms with Gasteiger partial charge in [0.1, 0.15) is 17.1 Å². The van der Waals surface area contributed by atoms with E-state index in [4.69, 9.17) is 42.4 Å². The van der Waals surface area contributed by atoms with Crippen LogP contribution in [0, 0.1) is 0 Å². The van der Waals surface area contributed by atoms with E-state index in [9.17, 15) is 4.79 Å². The lowest BCUT2D eigenvalue weighted by molar-refractivity contribution is -0.114. The molecule has 0 radical (unpaired) electrons. The monoisotopic (exact) mass is 675 g/mol. The van der Waals surface area contributed by atoms with E-state index in [1.165, 1.54) is 20.3 Å². The van der Waals surface area contributed by atoms with Crippen molar-refractivity contribution >= 4 is 63.0 Å². The SMILES string of the molecule is C=CC(=O)Cc1cc(N2CCN(CCOC)CC2)ccc1Nc1ncc2cc(-c3c(Cl)c(OC)cc(OC)c3Cl)c3nccn3c2n1. The molecule has 1 aliphatic rings. The summed E-state index contributed by atoms with van der Waals surface area (Å²) in [6.45, 7) is 8.99. The maximum absolute atomic E-state index is 12.5. The maximum atomic E-state index is 12.5. The van der Waals surface area contributed by atoms with Gasteiger partial charge in [-0.2, -0.15) is 4.98 Å². The number of anilines is 3. The van der Waals surface area contributed by atoms with Crippen LogP contribution in [0.15, 0.2) is 61.6 Å². The first-order chi connectivity index (χ1) is 22.8. The zero-order valence-corrected chi connectivity index (χ0v) is 27.9. The zero-order chi connectivity index (χ0) is 33.1. The molecule has 13 heteroatoms. The van der Waals surface area contributed by atoms with Gasteiger partial charge in [0.2, 0.25) is 5.95 Å². The summed E-state index contributed by atoms with van der Waals surface area (Å²) in [6, 6.07) is 9.64. The van der Waals surface area contributed by atoms with Crippen LogP contribution < -0.4 is 19.7 Å². The van der Waals surface area contributed by atoms with Crippen molar-refractivity contribution in [3.63, 3.8) is 0 Å². The number of piperazine rings is 1. The third-order valence-electron chi connectivity index (χ3n) is 8.33. The number of rotatable bonds is 12. The number of nitrogens with one attached hydrogen (secondary N) is 1. The number of ketones is 1. The van der Waals surface area contributed by atoms with Gasteiger partial charge >= 0.3 is 0 Å². The highest BCUT2D eigenvalue weighted by Crippen LogP contribution is 2.47. The fourth-order valence-corrected chi connectivity index (χ4v) is 6.52. The Morgan fingerprint density at radius 2 is 1.74 bits per heavy atom. The van der Waals surface area contributed by atoms with Gasteiger partial charge in [0, 0.05) is 98.8 Å². The molecule has 0 spiro atoms. The molecule has 0 unspecified atom stereocenters. The fourth-order valence-electron chi connectivity index (χ4n) is 5.81. The van der Waals surface area contributed by atoms with E-state index >= 15 is 0 Å². The number of benzene rings is 2. The van der Waals surface area contributed by atoms with Crippen molar-refractivity contribution in [2.24, 2.45) is 0 Å². The zero-order valence-electron chi connectivity index (χ0n) is 26.4. The van der Waals surface area contributed by atoms with Crippen LogP contribution in [0.3, 0.4) is 0 Å². The Kier molecular flexibility index (Phi) is 9.79. The van der Waals surface area contributed by atoms with Crippen LogP contribution in [0.4, 0.5) is 17.3 Å². The number of aromatic nitrogens is 4. The topological polar surface area (TPSA) is 106 Å². The van der Waals surface area contributed by atoms with Gasteiger partial charge in [-0.25, -0.2) is 9.97 Å². The quantitative estimate of drug-likeness (QED) is 0.156. The minimum Gasteiger partial charge on any atom is -0.495 e. The molecule has 5 aromatic rings. The van der Waals surface area contributed by atoms with Crippen LogP contribution in [0.2, 0.25) is 10.0 Å². The van der Waals surface area contributed by atoms with Gasteiger partial charge < -0.3 is 24.4 Å². The van der Waals surface area contributed by atoms with Gasteiger partial charge in [0.05, 0.1) is 30.9 Å². The molecule has 1 N–H and O–H groups in total. The van der Waals surface area contributed by atoms with E-state index < -0.39 is 0 Å². The van der Waals surface area contributed by atoms with E-state index in [-0.39, 0.29) is 12.2 Å². The van der Waals surface area contributed by atoms with Crippen LogP contribution in [-0.4, -0.2) is 90.7 Å². The van der Waals surface area contributed by atoms with Gasteiger partial charge in [-0.3, -0.25) is 14.1 Å². The minimum atomic E-state index is -0.0758. The third-order valence-corrected chi connectivity index (χ3v) is 9.08. The number of hydrogen-bond acceptors (Lipinski definition) is 10. The number of hydrogen-bond donors (Lipinski definition) is 1. The van der Waals surface area contributed by atoms with Gasteiger partial charge in [-0.05, 0) is 35.9 Å². The Bertz CT molecular complexity index is 1930. The van der Waals surface area contributed by atoms with Gasteiger partial charge in [0.25, 0.3) is 0 Å². The summed E-state index contributed by atoms with van der Waals surface area (Å²) < 4.78 is 18.1. The van der Waals surface area contributed by atoms with Crippen LogP contribution >= 0.6 is 23.2 Å². The van der Waals surface area contributed by atoms with Crippen LogP contribution in [0.5, 0.6) is 11.5 Å². The molecule has 1 aliphatic heterocycles. The Morgan fingerprint density at radius 3 is 2.43 bits per heavy atom. The number of pyridine rings is 1. The summed E-state index contributed by atoms with van der Waals surface area (Å²) in [5.41, 5.74) is 5.03. The van der Waals surface area contributed by atoms with Crippen molar-refractivity contribution in [2.75, 3.05) is 70.9 Å². The highest BCUT2D eigenvalue weighted by atomic mass is 35.5. The molecular weight excluding hydrogens is 641 g/mol. The summed E-state index contributed by atoms with van der Waals surface area (Å²) in [6.07, 6.45) is 6.76. The summed E-state index contributed by atoms with van der Waals surface area (Å²) in [5, 5.41) is 4.74. The molecule has 2 aromatic carbocycles. The second kappa shape index (κ2) is 14.1. The Morgan fingerprint density at radius 1 is 1.00 bits per heavy atom. The number of carbonyl (C=O) groups excluding carboxylic acids is 1. The van der Waals surface area contributed by atoms with Crippen LogP contribution in [0.1, 0.15) is 5.56 Å². The minimum absolute atomic E-state index is 0.0758. The highest BCUT2D eigenvalue weighted by Gasteiger charge is 2.23. The van der Waals surface area contributed by atoms with Crippen LogP contribution in [-0.2, 0) is 16.0 Å². The average Bonchev–Trinajstić information content (AvgIpc) is 3.59. The predicted molar refractivity (Wildman–Crippen MR) is 186 cm³/mol. The lowest BCUT2D eigenvalue weighted by atomic mass is 10.0. The maximum Gasteiger partial charge on any atom is 0.229 e. The number of nitrogens with zero attached hydrogens (tertiary/aromatic N) is 6. The first-order valence-electron chi connectivity index (χ1n) is 15.1. The molecule has 0 saturated carbocycles. The molecule has 244 valence electrons. The van der Waals surface area contributed by atoms with E-state index in [2.05, 4.69) is 43.8 Å². The number of allylic oxidation sites excluding steroid dienone is 1. The fraction of sp³-hybridized carbons (Fsp3) is 0.294. The number of methoxy groups -OCH3 is 3. The molecule has 0 atom stereocenters. The number of halogens is 2. The molecule has 0 aliphatic carbocycles. The van der Waals surface area contributed by atoms with Gasteiger partial charge in [-0.1, -0.05) is 29.8 Å². The lowest BCUT2D eigenvalue weighted by Gasteiger charge is -2.36. The van der Waals surface area contributed by atoms with Gasteiger partial charge in [0.15, 0.2) is 11.4 Å². The molecule has 1 saturated heterocycles. The summed E-state index contributed by atoms with van der Waals surface area (Å²) in [5.74, 6) is 1.13. The number of carbonyl (C=O) groups is 1. The molecule has 4 heterocycles. The molecular formula is C34H35Cl2N7O4. The number of ether oxygens (including phenoxy) is 3. The van der Waals surface area contributed by atoms with E-state index in [0.29, 0.717) is 49.9 Å². The lowest BCUT2D eigenvalue weighted by Crippen LogP contribution is -2.47. The van der Waals surface area contributed by atoms with Crippen LogP contribution in [0.25, 0.3) is 27.8 Å². The molecule has 11 nitrogen and oxygen atoms in total. The normalized spacial score (nSPS) is 13.7. The predicted octanol–water partition coefficient (Wildman–Crippen LogP) is 6.08. The van der Waals surface area contributed by atoms with Crippen molar-refractivity contribution in [2.45, 2.75) is 6.42 Å². The van der Waals surface area contributed by atoms with Crippen molar-refractivity contribution in [3.05, 3.63) is 77.2 Å². The highest BCUT2D eigenvalue weighted by molar-refractivity contribution is 6.41. The Hall–Kier alpha value is -4.42. The first-order valence-corrected chi connectivity index (χ1v) is 15.8. The molecule has 47 heavy (non-hydrogen) atoms. The molecule has 0 bridgehead atoms. The van der Waals surface area contributed by atoms with Crippen molar-refractivity contribution in [1.82, 2.24) is 24.3 Å². The first kappa shape index (κ1) is 32.5. The molecule has 1 fully saturated rings. The standard InChI is InChI=1S/C34H35Cl2N7O4/c1-5-24(44)17-21-16-23(42-12-10-41(11-13-42)14-15-45-2)6-7-26(21)39-34-38-20-22-18-25(33-37-8-9-43(33)32(22)40-34)29-30(35)27(46-3)19-28(47-4)31(29)36/h5-9,16,18-20H,1,10-15,17H2,2-4H3,(H,38,39,40). The van der Waals surface area contributed by atoms with Crippen molar-refractivity contribution in [1.29, 1.82) is 0 Å². The van der Waals surface area contributed by atoms with E-state index in [1.807, 2.05) is 22.7 Å². The van der Waals surface area contributed by atoms with E-state index in [0.717, 1.165) is 61.7 Å². The van der Waals surface area contributed by atoms with Gasteiger partial charge in [-0.15, -0.1) is 0 Å². The largest absolute Gasteiger partial charge is 0.495 e. The average molecular weight is 677 g/mol. The summed E-state index contributed by atoms with van der Waals surface area (Å²) in [4.78, 5) is 31.4.